The smallest absolute Gasteiger partial charge is 0.345 e. The SMILES string of the molecule is CC1CCCO1.Cc1nc(C=Cc2ccc(C(=O)O)s2)cs1.Cc1nc(CCc2ccc(C(=O)O)s2)cs1.[CH3-].[Pd]. The molecule has 1 saturated heterocycles. The van der Waals surface area contributed by atoms with Crippen molar-refractivity contribution in [2.75, 3.05) is 6.61 Å². The van der Waals surface area contributed by atoms with E-state index in [1.165, 1.54) is 35.5 Å². The first-order valence-corrected chi connectivity index (χ1v) is 15.4. The normalized spacial score (nSPS) is 13.8. The van der Waals surface area contributed by atoms with Crippen LogP contribution in [0.1, 0.15) is 70.3 Å². The molecule has 1 aliphatic rings. The molecule has 40 heavy (non-hydrogen) atoms. The van der Waals surface area contributed by atoms with Crippen LogP contribution in [0.4, 0.5) is 0 Å². The summed E-state index contributed by atoms with van der Waals surface area (Å²) in [5.74, 6) is -1.73. The maximum absolute atomic E-state index is 10.7. The number of carbonyl (C=O) groups is 2. The molecule has 2 N–H and O–H groups in total. The fraction of sp³-hybridized carbons (Fsp3) is 0.321. The van der Waals surface area contributed by atoms with Crippen molar-refractivity contribution in [3.63, 3.8) is 0 Å². The maximum atomic E-state index is 10.7. The van der Waals surface area contributed by atoms with E-state index in [1.807, 2.05) is 37.4 Å². The largest absolute Gasteiger partial charge is 0.477 e. The molecule has 0 aliphatic carbocycles. The van der Waals surface area contributed by atoms with Gasteiger partial charge in [-0.2, -0.15) is 0 Å². The molecule has 5 rings (SSSR count). The fourth-order valence-electron chi connectivity index (χ4n) is 3.32. The van der Waals surface area contributed by atoms with Crippen LogP contribution in [-0.2, 0) is 38.0 Å². The predicted octanol–water partition coefficient (Wildman–Crippen LogP) is 8.01. The number of hydrogen-bond donors (Lipinski definition) is 2. The quantitative estimate of drug-likeness (QED) is 0.148. The van der Waals surface area contributed by atoms with Gasteiger partial charge in [0.25, 0.3) is 0 Å². The molecular weight excluding hydrogens is 679 g/mol. The number of rotatable bonds is 7. The molecule has 7 nitrogen and oxygen atoms in total. The van der Waals surface area contributed by atoms with Gasteiger partial charge in [0.2, 0.25) is 0 Å². The van der Waals surface area contributed by atoms with Crippen LogP contribution in [0.15, 0.2) is 35.0 Å². The van der Waals surface area contributed by atoms with Gasteiger partial charge in [0, 0.05) is 47.5 Å². The van der Waals surface area contributed by atoms with Crippen molar-refractivity contribution in [1.82, 2.24) is 9.97 Å². The van der Waals surface area contributed by atoms with Crippen LogP contribution >= 0.6 is 45.3 Å². The Balaban J connectivity index is 0.000000319. The molecule has 0 spiro atoms. The van der Waals surface area contributed by atoms with E-state index in [0.29, 0.717) is 15.9 Å². The number of carboxylic acid groups (broad SMARTS) is 2. The molecule has 4 aromatic rings. The Hall–Kier alpha value is -2.04. The minimum absolute atomic E-state index is 0. The molecule has 4 aromatic heterocycles. The summed E-state index contributed by atoms with van der Waals surface area (Å²) in [7, 11) is 0. The number of nitrogens with zero attached hydrogens (tertiary/aromatic N) is 2. The molecule has 1 fully saturated rings. The molecule has 1 unspecified atom stereocenters. The number of hydrogen-bond acceptors (Lipinski definition) is 9. The third kappa shape index (κ3) is 12.6. The Bertz CT molecular complexity index is 1350. The second-order valence-corrected chi connectivity index (χ2v) is 12.8. The average molecular weight is 712 g/mol. The van der Waals surface area contributed by atoms with Gasteiger partial charge in [0.15, 0.2) is 0 Å². The molecule has 220 valence electrons. The van der Waals surface area contributed by atoms with Crippen LogP contribution in [0.3, 0.4) is 0 Å². The first-order valence-electron chi connectivity index (χ1n) is 12.0. The fourth-order valence-corrected chi connectivity index (χ4v) is 6.15. The van der Waals surface area contributed by atoms with Crippen molar-refractivity contribution < 1.29 is 45.0 Å². The zero-order valence-corrected chi connectivity index (χ0v) is 27.5. The van der Waals surface area contributed by atoms with E-state index in [1.54, 1.807) is 40.9 Å². The van der Waals surface area contributed by atoms with E-state index in [4.69, 9.17) is 14.9 Å². The maximum Gasteiger partial charge on any atom is 0.345 e. The van der Waals surface area contributed by atoms with Crippen molar-refractivity contribution in [3.05, 3.63) is 83.4 Å². The van der Waals surface area contributed by atoms with E-state index < -0.39 is 11.9 Å². The van der Waals surface area contributed by atoms with Crippen molar-refractivity contribution in [2.24, 2.45) is 0 Å². The van der Waals surface area contributed by atoms with Crippen LogP contribution in [0, 0.1) is 21.3 Å². The Morgan fingerprint density at radius 3 is 2.08 bits per heavy atom. The van der Waals surface area contributed by atoms with Crippen LogP contribution < -0.4 is 0 Å². The van der Waals surface area contributed by atoms with Gasteiger partial charge in [0.1, 0.15) is 9.75 Å². The number of carboxylic acids is 2. The summed E-state index contributed by atoms with van der Waals surface area (Å²) in [4.78, 5) is 32.8. The van der Waals surface area contributed by atoms with Crippen molar-refractivity contribution >= 4 is 69.4 Å². The van der Waals surface area contributed by atoms with Crippen LogP contribution in [0.2, 0.25) is 0 Å². The van der Waals surface area contributed by atoms with Gasteiger partial charge in [-0.3, -0.25) is 0 Å². The molecule has 5 heterocycles. The van der Waals surface area contributed by atoms with Gasteiger partial charge in [-0.25, -0.2) is 19.6 Å². The number of aromatic carboxylic acids is 2. The number of aromatic nitrogens is 2. The van der Waals surface area contributed by atoms with E-state index in [0.717, 1.165) is 50.6 Å². The average Bonchev–Trinajstić information content (AvgIpc) is 3.69. The molecule has 1 aliphatic heterocycles. The van der Waals surface area contributed by atoms with Crippen molar-refractivity contribution in [2.45, 2.75) is 52.6 Å². The van der Waals surface area contributed by atoms with Gasteiger partial charge in [-0.05, 0) is 82.9 Å². The summed E-state index contributed by atoms with van der Waals surface area (Å²) in [6.45, 7) is 7.05. The van der Waals surface area contributed by atoms with E-state index in [2.05, 4.69) is 22.3 Å². The zero-order valence-electron chi connectivity index (χ0n) is 22.7. The number of thiazole rings is 2. The second kappa shape index (κ2) is 18.4. The molecule has 12 heteroatoms. The zero-order chi connectivity index (χ0) is 27.5. The molecule has 0 saturated carbocycles. The first-order chi connectivity index (χ1) is 18.2. The van der Waals surface area contributed by atoms with Gasteiger partial charge < -0.3 is 22.4 Å². The second-order valence-electron chi connectivity index (χ2n) is 8.38. The number of aryl methyl sites for hydroxylation is 4. The molecule has 1 atom stereocenters. The summed E-state index contributed by atoms with van der Waals surface area (Å²) in [6, 6.07) is 6.95. The Labute approximate surface area is 265 Å². The minimum atomic E-state index is -0.880. The summed E-state index contributed by atoms with van der Waals surface area (Å²) >= 11 is 5.84. The molecule has 0 aromatic carbocycles. The van der Waals surface area contributed by atoms with Gasteiger partial charge in [0.05, 0.1) is 27.5 Å². The van der Waals surface area contributed by atoms with Crippen molar-refractivity contribution in [1.29, 1.82) is 0 Å². The summed E-state index contributed by atoms with van der Waals surface area (Å²) in [6.07, 6.45) is 8.59. The van der Waals surface area contributed by atoms with E-state index in [9.17, 15) is 9.59 Å². The number of ether oxygens (including phenoxy) is 1. The Morgan fingerprint density at radius 2 is 1.60 bits per heavy atom. The summed E-state index contributed by atoms with van der Waals surface area (Å²) < 4.78 is 5.15. The third-order valence-electron chi connectivity index (χ3n) is 5.22. The van der Waals surface area contributed by atoms with E-state index >= 15 is 0 Å². The van der Waals surface area contributed by atoms with Crippen LogP contribution in [-0.4, -0.2) is 44.8 Å². The topological polar surface area (TPSA) is 110 Å². The molecule has 0 amide bonds. The van der Waals surface area contributed by atoms with E-state index in [-0.39, 0.29) is 27.8 Å². The summed E-state index contributed by atoms with van der Waals surface area (Å²) in [5, 5.41) is 23.7. The Morgan fingerprint density at radius 1 is 0.950 bits per heavy atom. The molecule has 0 bridgehead atoms. The third-order valence-corrected chi connectivity index (χ3v) is 9.00. The minimum Gasteiger partial charge on any atom is -0.477 e. The molecular formula is C28H33N2O5PdS4-. The van der Waals surface area contributed by atoms with Gasteiger partial charge >= 0.3 is 11.9 Å². The van der Waals surface area contributed by atoms with Crippen molar-refractivity contribution in [3.8, 4) is 0 Å². The Kier molecular flexibility index (Phi) is 16.6. The standard InChI is InChI=1S/C11H11NO2S2.C11H9NO2S2.C5H10O.CH3.Pd/c2*1-7-12-8(6-15-7)2-3-9-4-5-10(16-9)11(13)14;1-5-3-2-4-6-5;;/h4-6H,2-3H2,1H3,(H,13,14);2-6H,1H3,(H,13,14);5H,2-4H2,1H3;1H3;/q;;;-1;. The first kappa shape index (κ1) is 36.0. The number of thiophene rings is 2. The predicted molar refractivity (Wildman–Crippen MR) is 164 cm³/mol. The monoisotopic (exact) mass is 711 g/mol. The van der Waals surface area contributed by atoms with Gasteiger partial charge in [-0.15, -0.1) is 45.3 Å². The summed E-state index contributed by atoms with van der Waals surface area (Å²) in [5.41, 5.74) is 2.00. The van der Waals surface area contributed by atoms with Gasteiger partial charge in [-0.1, -0.05) is 0 Å². The van der Waals surface area contributed by atoms with Crippen LogP contribution in [0.25, 0.3) is 12.2 Å². The van der Waals surface area contributed by atoms with Crippen LogP contribution in [0.5, 0.6) is 0 Å². The molecule has 0 radical (unpaired) electrons.